The molecule has 1 heterocycles. The van der Waals surface area contributed by atoms with E-state index in [1.165, 1.54) is 6.92 Å². The lowest BCUT2D eigenvalue weighted by Gasteiger charge is -2.21. The highest BCUT2D eigenvalue weighted by Gasteiger charge is 2.50. The molecule has 1 saturated heterocycles. The quantitative estimate of drug-likeness (QED) is 0.370. The number of hydrogen-bond donors (Lipinski definition) is 0. The van der Waals surface area contributed by atoms with Crippen molar-refractivity contribution in [2.75, 3.05) is 0 Å². The third kappa shape index (κ3) is 2.43. The van der Waals surface area contributed by atoms with Crippen LogP contribution in [0.4, 0.5) is 0 Å². The largest absolute Gasteiger partial charge is 0.425 e. The molecule has 0 unspecified atom stereocenters. The Morgan fingerprint density at radius 2 is 1.64 bits per heavy atom. The van der Waals surface area contributed by atoms with Gasteiger partial charge in [0.25, 0.3) is 0 Å². The van der Waals surface area contributed by atoms with Crippen LogP contribution in [0, 0.1) is 11.8 Å². The topological polar surface area (TPSA) is 63.7 Å². The van der Waals surface area contributed by atoms with Crippen LogP contribution < -0.4 is 4.74 Å². The van der Waals surface area contributed by atoms with Crippen LogP contribution in [0.3, 0.4) is 0 Å². The van der Waals surface area contributed by atoms with Crippen LogP contribution in [0.5, 0.6) is 5.75 Å². The second-order valence-corrected chi connectivity index (χ2v) is 5.61. The number of nitrogens with zero attached hydrogens (tertiary/aromatic N) is 1. The van der Waals surface area contributed by atoms with E-state index in [2.05, 4.69) is 0 Å². The summed E-state index contributed by atoms with van der Waals surface area (Å²) in [5, 5.41) is 0. The zero-order valence-electron chi connectivity index (χ0n) is 12.3. The van der Waals surface area contributed by atoms with Crippen molar-refractivity contribution in [2.45, 2.75) is 25.8 Å². The fraction of sp³-hybridized carbons (Fsp3) is 0.353. The molecule has 5 nitrogen and oxygen atoms in total. The molecule has 1 aliphatic carbocycles. The van der Waals surface area contributed by atoms with E-state index in [1.807, 2.05) is 18.2 Å². The normalized spacial score (nSPS) is 25.0. The van der Waals surface area contributed by atoms with Gasteiger partial charge in [-0.2, -0.15) is 0 Å². The monoisotopic (exact) mass is 299 g/mol. The van der Waals surface area contributed by atoms with Gasteiger partial charge in [0.1, 0.15) is 11.8 Å². The summed E-state index contributed by atoms with van der Waals surface area (Å²) in [4.78, 5) is 38.1. The third-order valence-electron chi connectivity index (χ3n) is 4.23. The van der Waals surface area contributed by atoms with Gasteiger partial charge in [-0.25, -0.2) is 4.79 Å². The number of imide groups is 1. The van der Waals surface area contributed by atoms with Gasteiger partial charge >= 0.3 is 5.97 Å². The molecule has 1 aromatic carbocycles. The summed E-state index contributed by atoms with van der Waals surface area (Å²) in [6.45, 7) is 1.53. The van der Waals surface area contributed by atoms with Crippen LogP contribution in [0.2, 0.25) is 0 Å². The molecule has 114 valence electrons. The maximum atomic E-state index is 12.4. The van der Waals surface area contributed by atoms with Crippen LogP contribution in [0.1, 0.15) is 19.8 Å². The second kappa shape index (κ2) is 5.75. The minimum Gasteiger partial charge on any atom is -0.425 e. The van der Waals surface area contributed by atoms with Crippen LogP contribution in [0.15, 0.2) is 42.5 Å². The first-order valence-electron chi connectivity index (χ1n) is 7.38. The molecule has 22 heavy (non-hydrogen) atoms. The van der Waals surface area contributed by atoms with E-state index in [0.717, 1.165) is 4.90 Å². The molecular weight excluding hydrogens is 282 g/mol. The van der Waals surface area contributed by atoms with E-state index in [4.69, 9.17) is 4.74 Å². The van der Waals surface area contributed by atoms with Crippen molar-refractivity contribution < 1.29 is 19.1 Å². The highest BCUT2D eigenvalue weighted by molar-refractivity contribution is 6.08. The summed E-state index contributed by atoms with van der Waals surface area (Å²) < 4.78 is 5.24. The summed E-state index contributed by atoms with van der Waals surface area (Å²) in [6, 6.07) is 7.71. The smallest absolute Gasteiger partial charge is 0.334 e. The van der Waals surface area contributed by atoms with Gasteiger partial charge in [0.15, 0.2) is 0 Å². The molecule has 1 fully saturated rings. The minimum absolute atomic E-state index is 0.267. The summed E-state index contributed by atoms with van der Waals surface area (Å²) in [5.74, 6) is -1.39. The van der Waals surface area contributed by atoms with Crippen molar-refractivity contribution in [3.8, 4) is 5.75 Å². The number of esters is 1. The fourth-order valence-corrected chi connectivity index (χ4v) is 3.00. The number of ether oxygens (including phenoxy) is 1. The van der Waals surface area contributed by atoms with Crippen molar-refractivity contribution in [3.63, 3.8) is 0 Å². The molecular formula is C17H17NO4. The number of para-hydroxylation sites is 1. The van der Waals surface area contributed by atoms with Crippen molar-refractivity contribution in [1.82, 2.24) is 4.90 Å². The number of hydrogen-bond acceptors (Lipinski definition) is 4. The van der Waals surface area contributed by atoms with Gasteiger partial charge in [-0.3, -0.25) is 14.5 Å². The number of allylic oxidation sites excluding steroid dienone is 2. The number of amides is 2. The highest BCUT2D eigenvalue weighted by atomic mass is 16.5. The van der Waals surface area contributed by atoms with Crippen LogP contribution in [0.25, 0.3) is 0 Å². The molecule has 0 spiro atoms. The number of benzene rings is 1. The molecule has 2 aliphatic rings. The maximum Gasteiger partial charge on any atom is 0.334 e. The Balaban J connectivity index is 1.74. The summed E-state index contributed by atoms with van der Waals surface area (Å²) in [6.07, 6.45) is 4.96. The van der Waals surface area contributed by atoms with E-state index in [0.29, 0.717) is 18.6 Å². The van der Waals surface area contributed by atoms with Crippen LogP contribution in [-0.2, 0) is 14.4 Å². The molecule has 0 radical (unpaired) electrons. The van der Waals surface area contributed by atoms with Crippen molar-refractivity contribution in [2.24, 2.45) is 11.8 Å². The van der Waals surface area contributed by atoms with Crippen molar-refractivity contribution in [1.29, 1.82) is 0 Å². The standard InChI is InChI=1S/C17H17NO4/c1-11(17(21)22-12-7-3-2-4-8-12)18-15(19)13-9-5-6-10-14(13)16(18)20/h2-8,11,13-14H,9-10H2,1H3/t11-,13-,14+/m0/s1. The van der Waals surface area contributed by atoms with E-state index in [1.54, 1.807) is 24.3 Å². The number of carbonyl (C=O) groups is 3. The first-order valence-corrected chi connectivity index (χ1v) is 7.38. The molecule has 3 atom stereocenters. The van der Waals surface area contributed by atoms with E-state index in [-0.39, 0.29) is 23.7 Å². The summed E-state index contributed by atoms with van der Waals surface area (Å²) >= 11 is 0. The lowest BCUT2D eigenvalue weighted by atomic mass is 9.85. The first-order chi connectivity index (χ1) is 10.6. The third-order valence-corrected chi connectivity index (χ3v) is 4.23. The number of likely N-dealkylation sites (tertiary alicyclic amines) is 1. The number of rotatable bonds is 3. The van der Waals surface area contributed by atoms with E-state index in [9.17, 15) is 14.4 Å². The van der Waals surface area contributed by atoms with E-state index >= 15 is 0 Å². The maximum absolute atomic E-state index is 12.4. The minimum atomic E-state index is -0.911. The molecule has 2 amide bonds. The Morgan fingerprint density at radius 3 is 2.18 bits per heavy atom. The zero-order chi connectivity index (χ0) is 15.7. The van der Waals surface area contributed by atoms with Gasteiger partial charge in [-0.15, -0.1) is 0 Å². The Bertz CT molecular complexity index is 611. The summed E-state index contributed by atoms with van der Waals surface area (Å²) in [7, 11) is 0. The molecule has 0 saturated carbocycles. The molecule has 0 N–H and O–H groups in total. The number of fused-ring (bicyclic) bond motifs is 1. The van der Waals surface area contributed by atoms with Crippen LogP contribution >= 0.6 is 0 Å². The van der Waals surface area contributed by atoms with Crippen LogP contribution in [-0.4, -0.2) is 28.7 Å². The Labute approximate surface area is 128 Å². The van der Waals surface area contributed by atoms with Gasteiger partial charge in [0, 0.05) is 0 Å². The Kier molecular flexibility index (Phi) is 3.79. The molecule has 0 aromatic heterocycles. The second-order valence-electron chi connectivity index (χ2n) is 5.61. The molecule has 1 aliphatic heterocycles. The average molecular weight is 299 g/mol. The molecule has 1 aromatic rings. The highest BCUT2D eigenvalue weighted by Crippen LogP contribution is 2.36. The fourth-order valence-electron chi connectivity index (χ4n) is 3.00. The van der Waals surface area contributed by atoms with Crippen molar-refractivity contribution >= 4 is 17.8 Å². The predicted octanol–water partition coefficient (Wildman–Crippen LogP) is 1.93. The summed E-state index contributed by atoms with van der Waals surface area (Å²) in [5.41, 5.74) is 0. The Hall–Kier alpha value is -2.43. The van der Waals surface area contributed by atoms with Gasteiger partial charge in [0.05, 0.1) is 11.8 Å². The SMILES string of the molecule is C[C@@H](C(=O)Oc1ccccc1)N1C(=O)[C@H]2CC=CC[C@H]2C1=O. The Morgan fingerprint density at radius 1 is 1.09 bits per heavy atom. The first kappa shape index (κ1) is 14.5. The van der Waals surface area contributed by atoms with Gasteiger partial charge in [0.2, 0.25) is 11.8 Å². The molecule has 5 heteroatoms. The molecule has 3 rings (SSSR count). The van der Waals surface area contributed by atoms with Gasteiger partial charge < -0.3 is 4.74 Å². The zero-order valence-corrected chi connectivity index (χ0v) is 12.3. The lowest BCUT2D eigenvalue weighted by molar-refractivity contribution is -0.152. The predicted molar refractivity (Wildman–Crippen MR) is 78.7 cm³/mol. The van der Waals surface area contributed by atoms with Crippen molar-refractivity contribution in [3.05, 3.63) is 42.5 Å². The van der Waals surface area contributed by atoms with E-state index < -0.39 is 12.0 Å². The van der Waals surface area contributed by atoms with Gasteiger partial charge in [-0.1, -0.05) is 30.4 Å². The lowest BCUT2D eigenvalue weighted by Crippen LogP contribution is -2.45. The van der Waals surface area contributed by atoms with Gasteiger partial charge in [-0.05, 0) is 31.9 Å². The molecule has 0 bridgehead atoms. The number of carbonyl (C=O) groups excluding carboxylic acids is 3. The average Bonchev–Trinajstić information content (AvgIpc) is 2.79.